The number of nitrogens with two attached hydrogens (primary N) is 2. The number of nitrogens with one attached hydrogen (secondary N) is 1. The van der Waals surface area contributed by atoms with E-state index < -0.39 is 23.8 Å². The van der Waals surface area contributed by atoms with E-state index in [0.29, 0.717) is 29.7 Å². The van der Waals surface area contributed by atoms with Crippen molar-refractivity contribution in [1.82, 2.24) is 9.69 Å². The van der Waals surface area contributed by atoms with Gasteiger partial charge in [0.25, 0.3) is 17.7 Å². The molecule has 0 saturated carbocycles. The molecule has 2 heterocycles. The summed E-state index contributed by atoms with van der Waals surface area (Å²) in [6.45, 7) is 10.1. The zero-order chi connectivity index (χ0) is 25.9. The summed E-state index contributed by atoms with van der Waals surface area (Å²) in [6.07, 6.45) is 0.775. The second-order valence-electron chi connectivity index (χ2n) is 8.93. The van der Waals surface area contributed by atoms with Crippen molar-refractivity contribution in [3.05, 3.63) is 63.6 Å². The Hall–Kier alpha value is -3.66. The number of aryl methyl sites for hydroxylation is 3. The molecule has 0 aliphatic heterocycles. The van der Waals surface area contributed by atoms with Crippen LogP contribution in [0.1, 0.15) is 69.1 Å². The van der Waals surface area contributed by atoms with E-state index in [2.05, 4.69) is 23.5 Å². The van der Waals surface area contributed by atoms with Crippen LogP contribution in [0.15, 0.2) is 34.7 Å². The molecule has 3 aromatic rings. The highest BCUT2D eigenvalue weighted by Gasteiger charge is 2.38. The molecule has 10 heteroatoms. The van der Waals surface area contributed by atoms with E-state index in [1.807, 2.05) is 26.0 Å². The first-order valence-electron chi connectivity index (χ1n) is 11.3. The van der Waals surface area contributed by atoms with Crippen molar-refractivity contribution in [3.63, 3.8) is 0 Å². The normalized spacial score (nSPS) is 11.9. The maximum atomic E-state index is 14.0. The van der Waals surface area contributed by atoms with Crippen LogP contribution < -0.4 is 21.7 Å². The van der Waals surface area contributed by atoms with E-state index in [1.165, 1.54) is 4.90 Å². The van der Waals surface area contributed by atoms with Gasteiger partial charge in [0.05, 0.1) is 5.69 Å². The molecule has 0 fully saturated rings. The number of carbonyl (C=O) groups is 3. The quantitative estimate of drug-likeness (QED) is 0.409. The maximum Gasteiger partial charge on any atom is 0.273 e. The van der Waals surface area contributed by atoms with E-state index in [9.17, 15) is 14.4 Å². The largest absolute Gasteiger partial charge is 0.464 e. The van der Waals surface area contributed by atoms with E-state index in [0.717, 1.165) is 29.1 Å². The summed E-state index contributed by atoms with van der Waals surface area (Å²) >= 11 is 0.767. The predicted octanol–water partition coefficient (Wildman–Crippen LogP) is 3.89. The average Bonchev–Trinajstić information content (AvgIpc) is 3.37. The Morgan fingerprint density at radius 1 is 1.14 bits per heavy atom. The summed E-state index contributed by atoms with van der Waals surface area (Å²) in [5, 5.41) is 2.94. The Kier molecular flexibility index (Phi) is 7.96. The number of primary amides is 1. The first kappa shape index (κ1) is 26.0. The maximum absolute atomic E-state index is 14.0. The fourth-order valence-electron chi connectivity index (χ4n) is 3.73. The predicted molar refractivity (Wildman–Crippen MR) is 136 cm³/mol. The average molecular weight is 498 g/mol. The zero-order valence-corrected chi connectivity index (χ0v) is 21.4. The van der Waals surface area contributed by atoms with Gasteiger partial charge in [0.2, 0.25) is 0 Å². The lowest BCUT2D eigenvalue weighted by Gasteiger charge is -2.31. The van der Waals surface area contributed by atoms with Gasteiger partial charge in [-0.05, 0) is 68.4 Å². The third-order valence-electron chi connectivity index (χ3n) is 5.54. The standard InChI is InChI=1S/C25H31N5O4S/c1-13(2)10-11-28-24(32)21(18-9-7-16(5)34-18)30(17-8-6-14(3)12-15(17)4)25(33)22-19(26)20(23(27)31)29-35-22/h6-9,12-13,21H,10-11,26H2,1-5H3,(H2,27,31)(H,28,32)/t21-/m0/s1. The minimum atomic E-state index is -1.12. The molecular formula is C25H31N5O4S. The number of hydrogen-bond acceptors (Lipinski definition) is 7. The van der Waals surface area contributed by atoms with Crippen LogP contribution in [-0.4, -0.2) is 28.6 Å². The first-order chi connectivity index (χ1) is 16.5. The van der Waals surface area contributed by atoms with Gasteiger partial charge >= 0.3 is 0 Å². The van der Waals surface area contributed by atoms with Crippen LogP contribution in [0.5, 0.6) is 0 Å². The fourth-order valence-corrected chi connectivity index (χ4v) is 4.48. The van der Waals surface area contributed by atoms with Crippen molar-refractivity contribution >= 4 is 40.6 Å². The van der Waals surface area contributed by atoms with Gasteiger partial charge in [-0.2, -0.15) is 4.37 Å². The van der Waals surface area contributed by atoms with Crippen LogP contribution in [0.4, 0.5) is 11.4 Å². The molecule has 35 heavy (non-hydrogen) atoms. The summed E-state index contributed by atoms with van der Waals surface area (Å²) in [7, 11) is 0. The van der Waals surface area contributed by atoms with Crippen molar-refractivity contribution < 1.29 is 18.8 Å². The molecule has 0 aliphatic rings. The Balaban J connectivity index is 2.17. The van der Waals surface area contributed by atoms with Crippen LogP contribution >= 0.6 is 11.5 Å². The second kappa shape index (κ2) is 10.7. The number of anilines is 2. The van der Waals surface area contributed by atoms with Crippen LogP contribution in [0, 0.1) is 26.7 Å². The molecule has 1 atom stereocenters. The first-order valence-corrected chi connectivity index (χ1v) is 12.1. The number of furan rings is 1. The Labute approximate surface area is 208 Å². The van der Waals surface area contributed by atoms with Crippen LogP contribution in [0.2, 0.25) is 0 Å². The fraction of sp³-hybridized carbons (Fsp3) is 0.360. The number of amides is 3. The van der Waals surface area contributed by atoms with E-state index in [-0.39, 0.29) is 16.3 Å². The topological polar surface area (TPSA) is 145 Å². The van der Waals surface area contributed by atoms with Gasteiger partial charge in [-0.3, -0.25) is 19.3 Å². The minimum Gasteiger partial charge on any atom is -0.464 e. The second-order valence-corrected chi connectivity index (χ2v) is 9.70. The SMILES string of the molecule is Cc1ccc(N(C(=O)c2snc(C(N)=O)c2N)[C@H](C(=O)NCCC(C)C)c2ccc(C)o2)c(C)c1. The molecule has 0 bridgehead atoms. The summed E-state index contributed by atoms with van der Waals surface area (Å²) in [6, 6.07) is 7.84. The van der Waals surface area contributed by atoms with Crippen LogP contribution in [-0.2, 0) is 4.79 Å². The summed E-state index contributed by atoms with van der Waals surface area (Å²) in [4.78, 5) is 40.6. The zero-order valence-electron chi connectivity index (χ0n) is 20.5. The molecule has 9 nitrogen and oxygen atoms in total. The molecule has 0 aliphatic carbocycles. The number of carbonyl (C=O) groups excluding carboxylic acids is 3. The molecule has 0 spiro atoms. The number of rotatable bonds is 9. The highest BCUT2D eigenvalue weighted by Crippen LogP contribution is 2.35. The molecule has 2 aromatic heterocycles. The van der Waals surface area contributed by atoms with Crippen LogP contribution in [0.25, 0.3) is 0 Å². The van der Waals surface area contributed by atoms with Gasteiger partial charge in [-0.1, -0.05) is 31.5 Å². The Bertz CT molecular complexity index is 1250. The minimum absolute atomic E-state index is 0.0158. The summed E-state index contributed by atoms with van der Waals surface area (Å²) < 4.78 is 9.82. The van der Waals surface area contributed by atoms with E-state index in [1.54, 1.807) is 25.1 Å². The summed E-state index contributed by atoms with van der Waals surface area (Å²) in [5.74, 6) is -0.525. The Morgan fingerprint density at radius 3 is 2.40 bits per heavy atom. The van der Waals surface area contributed by atoms with Gasteiger partial charge in [0.1, 0.15) is 16.4 Å². The molecule has 0 radical (unpaired) electrons. The molecule has 1 aromatic carbocycles. The lowest BCUT2D eigenvalue weighted by atomic mass is 10.0. The number of nitrogens with zero attached hydrogens (tertiary/aromatic N) is 2. The van der Waals surface area contributed by atoms with Gasteiger partial charge in [-0.25, -0.2) is 0 Å². The van der Waals surface area contributed by atoms with E-state index >= 15 is 0 Å². The third-order valence-corrected chi connectivity index (χ3v) is 6.40. The van der Waals surface area contributed by atoms with Crippen LogP contribution in [0.3, 0.4) is 0 Å². The Morgan fingerprint density at radius 2 is 1.86 bits per heavy atom. The lowest BCUT2D eigenvalue weighted by molar-refractivity contribution is -0.122. The molecule has 0 unspecified atom stereocenters. The van der Waals surface area contributed by atoms with Crippen molar-refractivity contribution in [3.8, 4) is 0 Å². The smallest absolute Gasteiger partial charge is 0.273 e. The number of nitrogen functional groups attached to an aromatic ring is 1. The van der Waals surface area contributed by atoms with Gasteiger partial charge < -0.3 is 21.2 Å². The van der Waals surface area contributed by atoms with Crippen molar-refractivity contribution in [1.29, 1.82) is 0 Å². The highest BCUT2D eigenvalue weighted by molar-refractivity contribution is 7.09. The monoisotopic (exact) mass is 497 g/mol. The summed E-state index contributed by atoms with van der Waals surface area (Å²) in [5.41, 5.74) is 13.4. The van der Waals surface area contributed by atoms with Gasteiger partial charge in [-0.15, -0.1) is 0 Å². The van der Waals surface area contributed by atoms with Gasteiger partial charge in [0.15, 0.2) is 11.7 Å². The molecular weight excluding hydrogens is 466 g/mol. The highest BCUT2D eigenvalue weighted by atomic mass is 32.1. The molecule has 186 valence electrons. The van der Waals surface area contributed by atoms with E-state index in [4.69, 9.17) is 15.9 Å². The lowest BCUT2D eigenvalue weighted by Crippen LogP contribution is -2.44. The van der Waals surface area contributed by atoms with Gasteiger partial charge in [0, 0.05) is 12.2 Å². The third kappa shape index (κ3) is 5.71. The van der Waals surface area contributed by atoms with Crippen molar-refractivity contribution in [2.45, 2.75) is 47.1 Å². The number of hydrogen-bond donors (Lipinski definition) is 3. The molecule has 3 rings (SSSR count). The molecule has 0 saturated heterocycles. The molecule has 3 amide bonds. The number of aromatic nitrogens is 1. The van der Waals surface area contributed by atoms with Crippen molar-refractivity contribution in [2.75, 3.05) is 17.2 Å². The number of benzene rings is 1. The van der Waals surface area contributed by atoms with Crippen molar-refractivity contribution in [2.24, 2.45) is 11.7 Å². The molecule has 5 N–H and O–H groups in total.